The first-order chi connectivity index (χ1) is 14.3. The lowest BCUT2D eigenvalue weighted by atomic mass is 9.87. The second-order valence-electron chi connectivity index (χ2n) is 9.96. The molecule has 1 aromatic heterocycles. The van der Waals surface area contributed by atoms with Crippen molar-refractivity contribution in [1.29, 1.82) is 5.26 Å². The smallest absolute Gasteiger partial charge is 0.222 e. The molecule has 0 spiro atoms. The molecule has 6 heteroatoms. The summed E-state index contributed by atoms with van der Waals surface area (Å²) in [5.41, 5.74) is 3.86. The Labute approximate surface area is 180 Å². The monoisotopic (exact) mass is 410 g/mol. The fourth-order valence-corrected chi connectivity index (χ4v) is 4.90. The van der Waals surface area contributed by atoms with Crippen LogP contribution in [0.1, 0.15) is 82.2 Å². The topological polar surface area (TPSA) is 69.5 Å². The first-order valence-electron chi connectivity index (χ1n) is 11.4. The lowest BCUT2D eigenvalue weighted by Crippen LogP contribution is -2.57. The van der Waals surface area contributed by atoms with Crippen LogP contribution < -0.4 is 4.90 Å². The van der Waals surface area contributed by atoms with Gasteiger partial charge < -0.3 is 14.5 Å². The molecule has 3 aliphatic rings. The van der Waals surface area contributed by atoms with Crippen molar-refractivity contribution < 1.29 is 9.53 Å². The van der Waals surface area contributed by atoms with Crippen molar-refractivity contribution in [3.05, 3.63) is 22.4 Å². The number of hydrogen-bond donors (Lipinski definition) is 0. The molecule has 0 bridgehead atoms. The van der Waals surface area contributed by atoms with Crippen molar-refractivity contribution in [3.63, 3.8) is 0 Å². The predicted octanol–water partition coefficient (Wildman–Crippen LogP) is 3.77. The van der Waals surface area contributed by atoms with Gasteiger partial charge in [-0.15, -0.1) is 0 Å². The largest absolute Gasteiger partial charge is 0.370 e. The third kappa shape index (κ3) is 3.80. The zero-order valence-electron chi connectivity index (χ0n) is 19.0. The molecular weight excluding hydrogens is 376 g/mol. The minimum absolute atomic E-state index is 0.139. The Morgan fingerprint density at radius 1 is 1.30 bits per heavy atom. The van der Waals surface area contributed by atoms with E-state index in [1.165, 1.54) is 12.8 Å². The molecule has 1 saturated carbocycles. The average Bonchev–Trinajstić information content (AvgIpc) is 3.56. The molecule has 1 aliphatic carbocycles. The highest BCUT2D eigenvalue weighted by molar-refractivity contribution is 5.76. The number of carbonyl (C=O) groups excluding carboxylic acids is 1. The number of ether oxygens (including phenoxy) is 1. The minimum atomic E-state index is -0.273. The molecule has 3 heterocycles. The van der Waals surface area contributed by atoms with Gasteiger partial charge in [0.1, 0.15) is 11.9 Å². The molecule has 1 amide bonds. The number of nitrogens with zero attached hydrogens (tertiary/aromatic N) is 4. The van der Waals surface area contributed by atoms with Crippen LogP contribution in [0.25, 0.3) is 0 Å². The summed E-state index contributed by atoms with van der Waals surface area (Å²) >= 11 is 0. The molecule has 1 atom stereocenters. The molecule has 1 saturated heterocycles. The van der Waals surface area contributed by atoms with Crippen LogP contribution in [0.5, 0.6) is 0 Å². The summed E-state index contributed by atoms with van der Waals surface area (Å²) < 4.78 is 6.09. The van der Waals surface area contributed by atoms with Crippen molar-refractivity contribution >= 4 is 11.7 Å². The van der Waals surface area contributed by atoms with Crippen LogP contribution in [-0.2, 0) is 22.6 Å². The second-order valence-corrected chi connectivity index (χ2v) is 9.96. The summed E-state index contributed by atoms with van der Waals surface area (Å²) in [6, 6.07) is 2.63. The van der Waals surface area contributed by atoms with Crippen molar-refractivity contribution in [2.24, 2.45) is 5.92 Å². The van der Waals surface area contributed by atoms with E-state index in [1.807, 2.05) is 11.8 Å². The Hall–Kier alpha value is -2.13. The van der Waals surface area contributed by atoms with E-state index in [0.29, 0.717) is 37.0 Å². The first-order valence-corrected chi connectivity index (χ1v) is 11.4. The van der Waals surface area contributed by atoms with Gasteiger partial charge in [0.15, 0.2) is 0 Å². The fourth-order valence-electron chi connectivity index (χ4n) is 4.90. The highest BCUT2D eigenvalue weighted by Gasteiger charge is 2.39. The van der Waals surface area contributed by atoms with E-state index >= 15 is 0 Å². The van der Waals surface area contributed by atoms with Crippen molar-refractivity contribution in [2.75, 3.05) is 24.5 Å². The lowest BCUT2D eigenvalue weighted by molar-refractivity contribution is -0.134. The zero-order valence-corrected chi connectivity index (χ0v) is 19.0. The summed E-state index contributed by atoms with van der Waals surface area (Å²) in [7, 11) is 0. The number of nitriles is 1. The normalized spacial score (nSPS) is 23.3. The summed E-state index contributed by atoms with van der Waals surface area (Å²) in [6.07, 6.45) is 3.61. The number of carbonyl (C=O) groups is 1. The Morgan fingerprint density at radius 2 is 2.03 bits per heavy atom. The number of aromatic nitrogens is 1. The molecule has 2 aliphatic heterocycles. The van der Waals surface area contributed by atoms with Crippen molar-refractivity contribution in [1.82, 2.24) is 9.88 Å². The SMILES string of the molecule is CCC(=O)N1CCN(c2nc(C3CC3)c3c(c2C#N)CC(C)(C)OC3)C[C@H]1C(C)C. The molecule has 0 N–H and O–H groups in total. The number of pyridine rings is 1. The highest BCUT2D eigenvalue weighted by Crippen LogP contribution is 2.45. The van der Waals surface area contributed by atoms with E-state index in [1.54, 1.807) is 0 Å². The third-order valence-corrected chi connectivity index (χ3v) is 6.82. The molecule has 6 nitrogen and oxygen atoms in total. The quantitative estimate of drug-likeness (QED) is 0.756. The van der Waals surface area contributed by atoms with E-state index in [9.17, 15) is 10.1 Å². The number of amides is 1. The molecule has 4 rings (SSSR count). The maximum Gasteiger partial charge on any atom is 0.222 e. The standard InChI is InChI=1S/C24H34N4O2/c1-6-21(29)28-10-9-27(13-20(28)15(2)3)23-18(12-25)17-11-24(4,5)30-14-19(17)22(26-23)16-7-8-16/h15-16,20H,6-11,13-14H2,1-5H3/t20-/m0/s1. The van der Waals surface area contributed by atoms with E-state index < -0.39 is 0 Å². The van der Waals surface area contributed by atoms with Crippen LogP contribution in [-0.4, -0.2) is 47.1 Å². The number of anilines is 1. The van der Waals surface area contributed by atoms with Gasteiger partial charge in [0.05, 0.1) is 29.5 Å². The first kappa shape index (κ1) is 21.1. The van der Waals surface area contributed by atoms with E-state index in [-0.39, 0.29) is 17.6 Å². The van der Waals surface area contributed by atoms with Gasteiger partial charge in [-0.1, -0.05) is 20.8 Å². The van der Waals surface area contributed by atoms with E-state index in [2.05, 4.69) is 38.7 Å². The van der Waals surface area contributed by atoms with E-state index in [0.717, 1.165) is 42.1 Å². The van der Waals surface area contributed by atoms with Crippen LogP contribution in [0.4, 0.5) is 5.82 Å². The summed E-state index contributed by atoms with van der Waals surface area (Å²) in [5, 5.41) is 10.2. The summed E-state index contributed by atoms with van der Waals surface area (Å²) in [4.78, 5) is 21.9. The van der Waals surface area contributed by atoms with Crippen LogP contribution >= 0.6 is 0 Å². The molecular formula is C24H34N4O2. The van der Waals surface area contributed by atoms with Crippen LogP contribution in [0, 0.1) is 17.2 Å². The number of piperazine rings is 1. The maximum atomic E-state index is 12.5. The second kappa shape index (κ2) is 7.85. The Bertz CT molecular complexity index is 882. The maximum absolute atomic E-state index is 12.5. The van der Waals surface area contributed by atoms with Gasteiger partial charge in [0.2, 0.25) is 5.91 Å². The van der Waals surface area contributed by atoms with Crippen LogP contribution in [0.2, 0.25) is 0 Å². The Kier molecular flexibility index (Phi) is 5.52. The van der Waals surface area contributed by atoms with Gasteiger partial charge in [0.25, 0.3) is 0 Å². The van der Waals surface area contributed by atoms with Gasteiger partial charge in [0, 0.05) is 44.0 Å². The molecule has 30 heavy (non-hydrogen) atoms. The Balaban J connectivity index is 1.75. The molecule has 0 aromatic carbocycles. The molecule has 162 valence electrons. The summed E-state index contributed by atoms with van der Waals surface area (Å²) in [5.74, 6) is 1.88. The van der Waals surface area contributed by atoms with Gasteiger partial charge in [-0.05, 0) is 38.2 Å². The van der Waals surface area contributed by atoms with Gasteiger partial charge in [-0.2, -0.15) is 5.26 Å². The van der Waals surface area contributed by atoms with Gasteiger partial charge in [-0.25, -0.2) is 4.98 Å². The highest BCUT2D eigenvalue weighted by atomic mass is 16.5. The minimum Gasteiger partial charge on any atom is -0.370 e. The van der Waals surface area contributed by atoms with Crippen LogP contribution in [0.3, 0.4) is 0 Å². The zero-order chi connectivity index (χ0) is 21.6. The number of rotatable bonds is 4. The fraction of sp³-hybridized carbons (Fsp3) is 0.708. The van der Waals surface area contributed by atoms with Crippen molar-refractivity contribution in [2.45, 2.75) is 84.5 Å². The number of fused-ring (bicyclic) bond motifs is 1. The van der Waals surface area contributed by atoms with Crippen molar-refractivity contribution in [3.8, 4) is 6.07 Å². The molecule has 2 fully saturated rings. The number of hydrogen-bond acceptors (Lipinski definition) is 5. The van der Waals surface area contributed by atoms with E-state index in [4.69, 9.17) is 9.72 Å². The third-order valence-electron chi connectivity index (χ3n) is 6.82. The summed E-state index contributed by atoms with van der Waals surface area (Å²) in [6.45, 7) is 13.1. The Morgan fingerprint density at radius 3 is 2.63 bits per heavy atom. The molecule has 1 aromatic rings. The predicted molar refractivity (Wildman–Crippen MR) is 116 cm³/mol. The average molecular weight is 411 g/mol. The van der Waals surface area contributed by atoms with Gasteiger partial charge in [-0.3, -0.25) is 4.79 Å². The van der Waals surface area contributed by atoms with Gasteiger partial charge >= 0.3 is 0 Å². The molecule has 0 unspecified atom stereocenters. The molecule has 0 radical (unpaired) electrons. The van der Waals surface area contributed by atoms with Crippen LogP contribution in [0.15, 0.2) is 0 Å². The lowest BCUT2D eigenvalue weighted by Gasteiger charge is -2.44.